The maximum atomic E-state index is 10.0. The zero-order valence-corrected chi connectivity index (χ0v) is 17.6. The van der Waals surface area contributed by atoms with Crippen molar-refractivity contribution in [3.63, 3.8) is 0 Å². The molecule has 9 heteroatoms. The molecule has 4 heterocycles. The lowest BCUT2D eigenvalue weighted by Gasteiger charge is -2.12. The van der Waals surface area contributed by atoms with Crippen molar-refractivity contribution >= 4 is 5.52 Å². The first kappa shape index (κ1) is 20.2. The number of hydrogen-bond acceptors (Lipinski definition) is 6. The van der Waals surface area contributed by atoms with E-state index in [0.717, 1.165) is 40.9 Å². The van der Waals surface area contributed by atoms with Crippen LogP contribution >= 0.6 is 0 Å². The third kappa shape index (κ3) is 3.99. The first-order valence-electron chi connectivity index (χ1n) is 10.4. The van der Waals surface area contributed by atoms with Crippen LogP contribution in [-0.2, 0) is 6.54 Å². The summed E-state index contributed by atoms with van der Waals surface area (Å²) >= 11 is 0. The largest absolute Gasteiger partial charge is 0.390 e. The minimum absolute atomic E-state index is 0.380. The van der Waals surface area contributed by atoms with E-state index in [1.807, 2.05) is 40.9 Å². The van der Waals surface area contributed by atoms with Gasteiger partial charge in [-0.1, -0.05) is 13.8 Å². The predicted octanol–water partition coefficient (Wildman–Crippen LogP) is 2.40. The van der Waals surface area contributed by atoms with Gasteiger partial charge in [0.25, 0.3) is 0 Å². The van der Waals surface area contributed by atoms with Crippen molar-refractivity contribution in [1.82, 2.24) is 39.5 Å². The summed E-state index contributed by atoms with van der Waals surface area (Å²) in [5.41, 5.74) is 4.37. The molecule has 0 amide bonds. The smallest absolute Gasteiger partial charge is 0.0999 e. The molecule has 2 N–H and O–H groups in total. The van der Waals surface area contributed by atoms with Gasteiger partial charge in [0.2, 0.25) is 0 Å². The molecule has 4 aromatic rings. The Morgan fingerprint density at radius 3 is 2.60 bits per heavy atom. The molecule has 158 valence electrons. The molecule has 4 aromatic heterocycles. The molecule has 0 aliphatic carbocycles. The Labute approximate surface area is 175 Å². The number of aliphatic hydroxyl groups is 1. The van der Waals surface area contributed by atoms with Gasteiger partial charge in [-0.25, -0.2) is 9.50 Å². The van der Waals surface area contributed by atoms with Crippen LogP contribution in [0.4, 0.5) is 0 Å². The highest BCUT2D eigenvalue weighted by Crippen LogP contribution is 2.27. The predicted molar refractivity (Wildman–Crippen MR) is 115 cm³/mol. The van der Waals surface area contributed by atoms with Crippen molar-refractivity contribution in [2.24, 2.45) is 0 Å². The number of hydrogen-bond donors (Lipinski definition) is 2. The van der Waals surface area contributed by atoms with Crippen molar-refractivity contribution in [2.75, 3.05) is 13.6 Å². The summed E-state index contributed by atoms with van der Waals surface area (Å²) in [6, 6.07) is 2.34. The third-order valence-electron chi connectivity index (χ3n) is 5.35. The first-order chi connectivity index (χ1) is 14.6. The van der Waals surface area contributed by atoms with Gasteiger partial charge in [0, 0.05) is 30.1 Å². The molecular formula is C21H28N8O. The first-order valence-corrected chi connectivity index (χ1v) is 10.4. The SMILES string of the molecule is CCC(CC)n1cc(-c2nc(-c3cnn(CC(O)CNC)c3)cn3nccc23)cn1. The van der Waals surface area contributed by atoms with Crippen molar-refractivity contribution in [3.05, 3.63) is 43.2 Å². The number of fused-ring (bicyclic) bond motifs is 1. The average Bonchev–Trinajstić information content (AvgIpc) is 3.49. The van der Waals surface area contributed by atoms with E-state index in [2.05, 4.69) is 40.7 Å². The third-order valence-corrected chi connectivity index (χ3v) is 5.35. The average molecular weight is 409 g/mol. The van der Waals surface area contributed by atoms with E-state index in [0.29, 0.717) is 19.1 Å². The lowest BCUT2D eigenvalue weighted by molar-refractivity contribution is 0.149. The Bertz CT molecular complexity index is 1110. The molecule has 0 radical (unpaired) electrons. The van der Waals surface area contributed by atoms with Crippen LogP contribution in [0.2, 0.25) is 0 Å². The summed E-state index contributed by atoms with van der Waals surface area (Å²) in [5.74, 6) is 0. The van der Waals surface area contributed by atoms with Crippen LogP contribution in [0.1, 0.15) is 32.7 Å². The Morgan fingerprint density at radius 1 is 1.03 bits per heavy atom. The van der Waals surface area contributed by atoms with Crippen LogP contribution < -0.4 is 5.32 Å². The fourth-order valence-corrected chi connectivity index (χ4v) is 3.71. The van der Waals surface area contributed by atoms with Gasteiger partial charge in [0.05, 0.1) is 60.4 Å². The zero-order valence-electron chi connectivity index (χ0n) is 17.6. The van der Waals surface area contributed by atoms with Crippen molar-refractivity contribution in [1.29, 1.82) is 0 Å². The highest BCUT2D eigenvalue weighted by atomic mass is 16.3. The number of likely N-dealkylation sites (N-methyl/N-ethyl adjacent to an activating group) is 1. The van der Waals surface area contributed by atoms with E-state index in [9.17, 15) is 5.11 Å². The second-order valence-electron chi connectivity index (χ2n) is 7.48. The summed E-state index contributed by atoms with van der Waals surface area (Å²) in [5, 5.41) is 26.4. The monoisotopic (exact) mass is 408 g/mol. The van der Waals surface area contributed by atoms with E-state index in [1.165, 1.54) is 0 Å². The molecule has 0 bridgehead atoms. The fourth-order valence-electron chi connectivity index (χ4n) is 3.71. The molecule has 0 saturated carbocycles. The summed E-state index contributed by atoms with van der Waals surface area (Å²) < 4.78 is 5.59. The Morgan fingerprint density at radius 2 is 1.83 bits per heavy atom. The van der Waals surface area contributed by atoms with E-state index < -0.39 is 6.10 Å². The van der Waals surface area contributed by atoms with Crippen LogP contribution in [-0.4, -0.2) is 59.0 Å². The van der Waals surface area contributed by atoms with Gasteiger partial charge < -0.3 is 10.4 Å². The topological polar surface area (TPSA) is 98.1 Å². The Hall–Kier alpha value is -3.04. The lowest BCUT2D eigenvalue weighted by Crippen LogP contribution is -2.27. The molecule has 30 heavy (non-hydrogen) atoms. The molecule has 0 spiro atoms. The zero-order chi connectivity index (χ0) is 21.1. The molecule has 0 aromatic carbocycles. The van der Waals surface area contributed by atoms with Crippen molar-refractivity contribution < 1.29 is 5.11 Å². The van der Waals surface area contributed by atoms with Crippen LogP contribution in [0.5, 0.6) is 0 Å². The Balaban J connectivity index is 1.70. The second kappa shape index (κ2) is 8.76. The van der Waals surface area contributed by atoms with Crippen molar-refractivity contribution in [2.45, 2.75) is 45.4 Å². The van der Waals surface area contributed by atoms with E-state index in [1.54, 1.807) is 17.1 Å². The molecule has 4 rings (SSSR count). The number of aromatic nitrogens is 7. The van der Waals surface area contributed by atoms with Crippen LogP contribution in [0, 0.1) is 0 Å². The van der Waals surface area contributed by atoms with Gasteiger partial charge in [-0.05, 0) is 26.0 Å². The van der Waals surface area contributed by atoms with Crippen LogP contribution in [0.3, 0.4) is 0 Å². The van der Waals surface area contributed by atoms with Crippen LogP contribution in [0.15, 0.2) is 43.2 Å². The van der Waals surface area contributed by atoms with Gasteiger partial charge >= 0.3 is 0 Å². The summed E-state index contributed by atoms with van der Waals surface area (Å²) in [7, 11) is 1.81. The number of aliphatic hydroxyl groups excluding tert-OH is 1. The standard InChI is InChI=1S/C21H28N8O/c1-4-17(5-2)28-12-16(9-25-28)21-20-6-7-23-29(20)14-19(26-21)15-8-24-27(11-15)13-18(30)10-22-3/h6-9,11-12,14,17-18,22,30H,4-5,10,13H2,1-3H3. The van der Waals surface area contributed by atoms with Gasteiger partial charge in [-0.2, -0.15) is 15.3 Å². The molecule has 0 fully saturated rings. The molecule has 0 aliphatic rings. The van der Waals surface area contributed by atoms with E-state index in [4.69, 9.17) is 4.98 Å². The summed E-state index contributed by atoms with van der Waals surface area (Å²) in [6.45, 7) is 5.28. The molecule has 0 aliphatic heterocycles. The molecular weight excluding hydrogens is 380 g/mol. The lowest BCUT2D eigenvalue weighted by atomic mass is 10.1. The van der Waals surface area contributed by atoms with Gasteiger partial charge in [-0.3, -0.25) is 9.36 Å². The molecule has 9 nitrogen and oxygen atoms in total. The highest BCUT2D eigenvalue weighted by Gasteiger charge is 2.16. The maximum absolute atomic E-state index is 10.0. The van der Waals surface area contributed by atoms with Gasteiger partial charge in [0.15, 0.2) is 0 Å². The minimum Gasteiger partial charge on any atom is -0.390 e. The van der Waals surface area contributed by atoms with E-state index in [-0.39, 0.29) is 0 Å². The Kier molecular flexibility index (Phi) is 5.91. The normalized spacial score (nSPS) is 12.8. The summed E-state index contributed by atoms with van der Waals surface area (Å²) in [6.07, 6.45) is 12.8. The van der Waals surface area contributed by atoms with E-state index >= 15 is 0 Å². The highest BCUT2D eigenvalue weighted by molar-refractivity contribution is 5.78. The quantitative estimate of drug-likeness (QED) is 0.441. The number of nitrogens with zero attached hydrogens (tertiary/aromatic N) is 7. The minimum atomic E-state index is -0.504. The number of rotatable bonds is 9. The fraction of sp³-hybridized carbons (Fsp3) is 0.429. The number of nitrogens with one attached hydrogen (secondary N) is 1. The molecule has 0 saturated heterocycles. The maximum Gasteiger partial charge on any atom is 0.0999 e. The van der Waals surface area contributed by atoms with Crippen LogP contribution in [0.25, 0.3) is 28.0 Å². The van der Waals surface area contributed by atoms with Gasteiger partial charge in [-0.15, -0.1) is 0 Å². The van der Waals surface area contributed by atoms with Gasteiger partial charge in [0.1, 0.15) is 0 Å². The second-order valence-corrected chi connectivity index (χ2v) is 7.48. The van der Waals surface area contributed by atoms with Crippen molar-refractivity contribution in [3.8, 4) is 22.5 Å². The molecule has 1 atom stereocenters. The summed E-state index contributed by atoms with van der Waals surface area (Å²) in [4.78, 5) is 4.92. The molecule has 1 unspecified atom stereocenters.